The summed E-state index contributed by atoms with van der Waals surface area (Å²) in [5.41, 5.74) is 11.1. The van der Waals surface area contributed by atoms with Gasteiger partial charge in [0.25, 0.3) is 0 Å². The quantitative estimate of drug-likeness (QED) is 0.151. The summed E-state index contributed by atoms with van der Waals surface area (Å²) in [6, 6.07) is 61.7. The van der Waals surface area contributed by atoms with Gasteiger partial charge < -0.3 is 4.42 Å². The zero-order chi connectivity index (χ0) is 41.3. The smallest absolute Gasteiger partial charge is 0.164 e. The number of nitrogens with zero attached hydrogens (tertiary/aromatic N) is 3. The molecule has 0 saturated carbocycles. The van der Waals surface area contributed by atoms with Crippen LogP contribution in [0.15, 0.2) is 193 Å². The molecule has 62 heavy (non-hydrogen) atoms. The van der Waals surface area contributed by atoms with Crippen molar-refractivity contribution in [2.24, 2.45) is 0 Å². The lowest BCUT2D eigenvalue weighted by atomic mass is 9.90. The van der Waals surface area contributed by atoms with Crippen LogP contribution in [0.2, 0.25) is 0 Å². The minimum atomic E-state index is 0.571. The Bertz CT molecular complexity index is 3790. The SMILES string of the molecule is C=Cc1c(C=C)c2ccc(-c3nc(-c4ccccc4)nc(-c4cccc5oc6ccc(-c7c(-c8ccccc8)ccc8sc9ccccc9c78)cc6c45)n3)cc2c2ccccc12. The van der Waals surface area contributed by atoms with Gasteiger partial charge >= 0.3 is 0 Å². The summed E-state index contributed by atoms with van der Waals surface area (Å²) < 4.78 is 9.17. The third-order valence-corrected chi connectivity index (χ3v) is 13.2. The summed E-state index contributed by atoms with van der Waals surface area (Å²) in [6.07, 6.45) is 3.85. The zero-order valence-corrected chi connectivity index (χ0v) is 34.3. The Hall–Kier alpha value is -7.99. The molecule has 12 aromatic rings. The molecule has 0 fully saturated rings. The van der Waals surface area contributed by atoms with E-state index in [1.54, 1.807) is 0 Å². The van der Waals surface area contributed by atoms with E-state index in [0.29, 0.717) is 17.5 Å². The van der Waals surface area contributed by atoms with Crippen LogP contribution >= 0.6 is 11.3 Å². The molecule has 12 rings (SSSR count). The van der Waals surface area contributed by atoms with Gasteiger partial charge in [-0.1, -0.05) is 165 Å². The van der Waals surface area contributed by atoms with E-state index >= 15 is 0 Å². The van der Waals surface area contributed by atoms with Crippen molar-refractivity contribution >= 4 is 87.1 Å². The van der Waals surface area contributed by atoms with E-state index in [1.807, 2.05) is 66.0 Å². The van der Waals surface area contributed by atoms with Gasteiger partial charge in [0.05, 0.1) is 0 Å². The van der Waals surface area contributed by atoms with Crippen molar-refractivity contribution in [1.29, 1.82) is 0 Å². The van der Waals surface area contributed by atoms with Crippen LogP contribution in [0.5, 0.6) is 0 Å². The van der Waals surface area contributed by atoms with Crippen molar-refractivity contribution in [3.63, 3.8) is 0 Å². The lowest BCUT2D eigenvalue weighted by molar-refractivity contribution is 0.669. The zero-order valence-electron chi connectivity index (χ0n) is 33.5. The molecule has 0 saturated heterocycles. The van der Waals surface area contributed by atoms with Crippen LogP contribution < -0.4 is 0 Å². The van der Waals surface area contributed by atoms with E-state index in [4.69, 9.17) is 19.4 Å². The molecule has 0 aliphatic rings. The average Bonchev–Trinajstić information content (AvgIpc) is 3.92. The highest BCUT2D eigenvalue weighted by Crippen LogP contribution is 2.47. The van der Waals surface area contributed by atoms with Gasteiger partial charge in [-0.15, -0.1) is 11.3 Å². The van der Waals surface area contributed by atoms with Gasteiger partial charge in [0, 0.05) is 47.6 Å². The Morgan fingerprint density at radius 2 is 1.02 bits per heavy atom. The maximum atomic E-state index is 6.64. The molecule has 0 amide bonds. The molecule has 0 aliphatic carbocycles. The topological polar surface area (TPSA) is 51.8 Å². The normalized spacial score (nSPS) is 11.7. The number of hydrogen-bond donors (Lipinski definition) is 0. The molecule has 0 unspecified atom stereocenters. The predicted molar refractivity (Wildman–Crippen MR) is 262 cm³/mol. The minimum Gasteiger partial charge on any atom is -0.456 e. The van der Waals surface area contributed by atoms with Crippen molar-refractivity contribution in [1.82, 2.24) is 15.0 Å². The van der Waals surface area contributed by atoms with E-state index in [1.165, 1.54) is 36.9 Å². The number of rotatable bonds is 7. The molecule has 0 radical (unpaired) electrons. The average molecular weight is 810 g/mol. The van der Waals surface area contributed by atoms with Gasteiger partial charge in [-0.2, -0.15) is 0 Å². The Kier molecular flexibility index (Phi) is 8.30. The lowest BCUT2D eigenvalue weighted by Gasteiger charge is -2.14. The van der Waals surface area contributed by atoms with Gasteiger partial charge in [0.1, 0.15) is 11.2 Å². The summed E-state index contributed by atoms with van der Waals surface area (Å²) in [4.78, 5) is 15.7. The number of aromatic nitrogens is 3. The van der Waals surface area contributed by atoms with E-state index in [0.717, 1.165) is 76.9 Å². The first-order valence-corrected chi connectivity index (χ1v) is 21.5. The summed E-state index contributed by atoms with van der Waals surface area (Å²) in [7, 11) is 0. The van der Waals surface area contributed by atoms with Crippen molar-refractivity contribution in [3.05, 3.63) is 200 Å². The van der Waals surface area contributed by atoms with Crippen molar-refractivity contribution in [2.75, 3.05) is 0 Å². The highest BCUT2D eigenvalue weighted by atomic mass is 32.1. The number of thiophene rings is 1. The molecule has 9 aromatic carbocycles. The molecule has 0 spiro atoms. The monoisotopic (exact) mass is 809 g/mol. The Balaban J connectivity index is 1.10. The van der Waals surface area contributed by atoms with Gasteiger partial charge in [-0.25, -0.2) is 15.0 Å². The standard InChI is InChI=1S/C57H35N3OS/c1-3-38-39(4-2)43-28-26-37(33-46(43)42-21-12-11-20-41(38)42)56-58-55(35-18-9-6-10-19-35)59-57(60-56)45-23-15-24-49-53(45)47-32-36(27-30-48(47)61-49)52-40(34-16-7-5-8-17-34)29-31-51-54(52)44-22-13-14-25-50(44)62-51/h3-33H,1-2H2. The first-order chi connectivity index (χ1) is 30.6. The highest BCUT2D eigenvalue weighted by molar-refractivity contribution is 7.26. The van der Waals surface area contributed by atoms with E-state index in [9.17, 15) is 0 Å². The summed E-state index contributed by atoms with van der Waals surface area (Å²) >= 11 is 1.84. The Morgan fingerprint density at radius 1 is 0.387 bits per heavy atom. The van der Waals surface area contributed by atoms with Gasteiger partial charge in [0.2, 0.25) is 0 Å². The van der Waals surface area contributed by atoms with E-state index < -0.39 is 0 Å². The van der Waals surface area contributed by atoms with Crippen LogP contribution in [0.3, 0.4) is 0 Å². The predicted octanol–water partition coefficient (Wildman–Crippen LogP) is 16.1. The maximum absolute atomic E-state index is 6.64. The Labute approximate surface area is 361 Å². The Morgan fingerprint density at radius 3 is 1.79 bits per heavy atom. The molecule has 0 bridgehead atoms. The van der Waals surface area contributed by atoms with Crippen molar-refractivity contribution in [2.45, 2.75) is 0 Å². The second-order valence-electron chi connectivity index (χ2n) is 15.5. The van der Waals surface area contributed by atoms with Crippen molar-refractivity contribution < 1.29 is 4.42 Å². The molecule has 0 atom stereocenters. The molecule has 0 aliphatic heterocycles. The van der Waals surface area contributed by atoms with Crippen LogP contribution in [-0.4, -0.2) is 15.0 Å². The fraction of sp³-hybridized carbons (Fsp3) is 0. The summed E-state index contributed by atoms with van der Waals surface area (Å²) in [5.74, 6) is 1.75. The van der Waals surface area contributed by atoms with Gasteiger partial charge in [0.15, 0.2) is 17.5 Å². The van der Waals surface area contributed by atoms with Crippen LogP contribution in [0.4, 0.5) is 0 Å². The van der Waals surface area contributed by atoms with E-state index in [-0.39, 0.29) is 0 Å². The van der Waals surface area contributed by atoms with E-state index in [2.05, 4.69) is 147 Å². The molecule has 290 valence electrons. The molecular formula is C57H35N3OS. The van der Waals surface area contributed by atoms with Gasteiger partial charge in [-0.05, 0) is 91.3 Å². The first-order valence-electron chi connectivity index (χ1n) is 20.7. The maximum Gasteiger partial charge on any atom is 0.164 e. The van der Waals surface area contributed by atoms with Crippen LogP contribution in [0, 0.1) is 0 Å². The largest absolute Gasteiger partial charge is 0.456 e. The fourth-order valence-corrected chi connectivity index (χ4v) is 10.4. The van der Waals surface area contributed by atoms with Crippen LogP contribution in [0.1, 0.15) is 11.1 Å². The first kappa shape index (κ1) is 35.9. The van der Waals surface area contributed by atoms with Gasteiger partial charge in [-0.3, -0.25) is 0 Å². The number of hydrogen-bond acceptors (Lipinski definition) is 5. The fourth-order valence-electron chi connectivity index (χ4n) is 9.31. The van der Waals surface area contributed by atoms with Crippen LogP contribution in [0.25, 0.3) is 132 Å². The summed E-state index contributed by atoms with van der Waals surface area (Å²) in [5, 5.41) is 8.93. The number of benzene rings is 9. The second kappa shape index (κ2) is 14.3. The molecule has 5 heteroatoms. The number of furan rings is 1. The lowest BCUT2D eigenvalue weighted by Crippen LogP contribution is -2.00. The summed E-state index contributed by atoms with van der Waals surface area (Å²) in [6.45, 7) is 8.34. The third kappa shape index (κ3) is 5.63. The van der Waals surface area contributed by atoms with Crippen molar-refractivity contribution in [3.8, 4) is 56.4 Å². The molecule has 3 aromatic heterocycles. The third-order valence-electron chi connectivity index (χ3n) is 12.1. The molecule has 3 heterocycles. The molecular weight excluding hydrogens is 775 g/mol. The minimum absolute atomic E-state index is 0.571. The number of fused-ring (bicyclic) bond motifs is 9. The highest BCUT2D eigenvalue weighted by Gasteiger charge is 2.22. The molecule has 4 nitrogen and oxygen atoms in total. The van der Waals surface area contributed by atoms with Crippen LogP contribution in [-0.2, 0) is 0 Å². The molecule has 0 N–H and O–H groups in total. The second-order valence-corrected chi connectivity index (χ2v) is 16.6.